The third kappa shape index (κ3) is 3.32. The van der Waals surface area contributed by atoms with Gasteiger partial charge in [0.1, 0.15) is 17.6 Å². The minimum atomic E-state index is -0.346. The zero-order valence-corrected chi connectivity index (χ0v) is 15.5. The molecule has 3 rings (SSSR count). The van der Waals surface area contributed by atoms with Crippen LogP contribution in [-0.2, 0) is 4.79 Å². The predicted octanol–water partition coefficient (Wildman–Crippen LogP) is 2.88. The van der Waals surface area contributed by atoms with Crippen molar-refractivity contribution in [2.75, 3.05) is 16.0 Å². The predicted molar refractivity (Wildman–Crippen MR) is 97.8 cm³/mol. The summed E-state index contributed by atoms with van der Waals surface area (Å²) in [4.78, 5) is 37.7. The number of nitrogens with zero attached hydrogens (tertiary/aromatic N) is 3. The summed E-state index contributed by atoms with van der Waals surface area (Å²) in [5.41, 5.74) is 1.16. The maximum atomic E-state index is 12.3. The van der Waals surface area contributed by atoms with Gasteiger partial charge in [0.25, 0.3) is 0 Å². The average molecular weight is 360 g/mol. The van der Waals surface area contributed by atoms with E-state index in [1.54, 1.807) is 13.8 Å². The normalized spacial score (nSPS) is 16.2. The molecule has 1 unspecified atom stereocenters. The molecule has 1 atom stereocenters. The molecule has 1 amide bonds. The second-order valence-corrected chi connectivity index (χ2v) is 7.31. The lowest BCUT2D eigenvalue weighted by atomic mass is 10.0. The number of fused-ring (bicyclic) bond motifs is 1. The fourth-order valence-corrected chi connectivity index (χ4v) is 3.51. The Balaban J connectivity index is 1.97. The van der Waals surface area contributed by atoms with Gasteiger partial charge in [-0.15, -0.1) is 0 Å². The van der Waals surface area contributed by atoms with E-state index in [0.29, 0.717) is 38.9 Å². The Kier molecular flexibility index (Phi) is 4.42. The first-order valence-electron chi connectivity index (χ1n) is 7.97. The van der Waals surface area contributed by atoms with Crippen molar-refractivity contribution in [3.63, 3.8) is 0 Å². The third-order valence-electron chi connectivity index (χ3n) is 3.85. The van der Waals surface area contributed by atoms with Crippen LogP contribution in [0.1, 0.15) is 42.0 Å². The third-order valence-corrected chi connectivity index (χ3v) is 5.03. The number of anilines is 4. The molecule has 25 heavy (non-hydrogen) atoms. The number of carbonyl (C=O) groups is 2. The van der Waals surface area contributed by atoms with Crippen molar-refractivity contribution in [1.82, 2.24) is 15.0 Å². The number of hydrogen-bond acceptors (Lipinski definition) is 8. The number of amides is 1. The summed E-state index contributed by atoms with van der Waals surface area (Å²) in [6.07, 6.45) is 0. The molecule has 9 heteroatoms. The van der Waals surface area contributed by atoms with Crippen molar-refractivity contribution >= 4 is 45.5 Å². The summed E-state index contributed by atoms with van der Waals surface area (Å²) >= 11 is 1.26. The smallest absolute Gasteiger partial charge is 0.247 e. The van der Waals surface area contributed by atoms with Crippen LogP contribution < -0.4 is 16.0 Å². The van der Waals surface area contributed by atoms with Crippen LogP contribution in [0.25, 0.3) is 0 Å². The summed E-state index contributed by atoms with van der Waals surface area (Å²) in [5.74, 6) is 1.56. The van der Waals surface area contributed by atoms with Crippen LogP contribution in [0.3, 0.4) is 0 Å². The molecule has 0 fully saturated rings. The lowest BCUT2D eigenvalue weighted by Gasteiger charge is -2.29. The number of carbonyl (C=O) groups excluding carboxylic acids is 2. The number of ketones is 1. The van der Waals surface area contributed by atoms with Crippen LogP contribution in [-0.4, -0.2) is 32.7 Å². The molecular formula is C16H20N6O2S. The molecule has 8 nitrogen and oxygen atoms in total. The molecule has 0 aromatic carbocycles. The lowest BCUT2D eigenvalue weighted by molar-refractivity contribution is -0.117. The van der Waals surface area contributed by atoms with E-state index in [4.69, 9.17) is 0 Å². The Hall–Kier alpha value is -2.55. The van der Waals surface area contributed by atoms with Gasteiger partial charge in [-0.2, -0.15) is 0 Å². The summed E-state index contributed by atoms with van der Waals surface area (Å²) in [5, 5.41) is 9.69. The molecule has 0 saturated carbocycles. The standard InChI is InChI=1S/C16H20N6O2S/c1-6(2)10-15(24)21-11-13(20-10)18-9(5)19-14(11)22-16-17-7(3)12(25-16)8(4)23/h6,10H,1-5H3,(H,21,24)(H2,17,18,19,20,22). The fraction of sp³-hybridized carbons (Fsp3) is 0.438. The molecule has 2 aromatic rings. The molecule has 1 aliphatic rings. The second-order valence-electron chi connectivity index (χ2n) is 6.31. The van der Waals surface area contributed by atoms with E-state index in [-0.39, 0.29) is 23.7 Å². The Morgan fingerprint density at radius 1 is 1.24 bits per heavy atom. The van der Waals surface area contributed by atoms with Crippen LogP contribution >= 0.6 is 11.3 Å². The minimum Gasteiger partial charge on any atom is -0.356 e. The van der Waals surface area contributed by atoms with Crippen molar-refractivity contribution in [1.29, 1.82) is 0 Å². The Morgan fingerprint density at radius 2 is 1.96 bits per heavy atom. The first-order valence-corrected chi connectivity index (χ1v) is 8.79. The van der Waals surface area contributed by atoms with Gasteiger partial charge in [-0.1, -0.05) is 25.2 Å². The molecule has 2 aromatic heterocycles. The molecule has 0 aliphatic carbocycles. The van der Waals surface area contributed by atoms with Crippen LogP contribution in [0, 0.1) is 19.8 Å². The first-order chi connectivity index (χ1) is 11.8. The Labute approximate surface area is 149 Å². The zero-order chi connectivity index (χ0) is 18.3. The summed E-state index contributed by atoms with van der Waals surface area (Å²) < 4.78 is 0. The highest BCUT2D eigenvalue weighted by atomic mass is 32.1. The van der Waals surface area contributed by atoms with E-state index < -0.39 is 0 Å². The van der Waals surface area contributed by atoms with Crippen LogP contribution in [0.4, 0.5) is 22.5 Å². The molecule has 1 aliphatic heterocycles. The molecule has 0 spiro atoms. The average Bonchev–Trinajstić information content (AvgIpc) is 2.88. The first kappa shape index (κ1) is 17.3. The van der Waals surface area contributed by atoms with E-state index >= 15 is 0 Å². The largest absolute Gasteiger partial charge is 0.356 e. The minimum absolute atomic E-state index is 0.0290. The van der Waals surface area contributed by atoms with Gasteiger partial charge in [-0.25, -0.2) is 15.0 Å². The number of hydrogen-bond donors (Lipinski definition) is 3. The number of nitrogens with one attached hydrogen (secondary N) is 3. The highest BCUT2D eigenvalue weighted by Gasteiger charge is 2.31. The van der Waals surface area contributed by atoms with E-state index in [1.165, 1.54) is 18.3 Å². The highest BCUT2D eigenvalue weighted by Crippen LogP contribution is 2.35. The van der Waals surface area contributed by atoms with Gasteiger partial charge in [0, 0.05) is 6.92 Å². The van der Waals surface area contributed by atoms with Crippen LogP contribution in [0.5, 0.6) is 0 Å². The van der Waals surface area contributed by atoms with Gasteiger partial charge < -0.3 is 16.0 Å². The molecule has 0 radical (unpaired) electrons. The van der Waals surface area contributed by atoms with Crippen molar-refractivity contribution in [2.24, 2.45) is 5.92 Å². The van der Waals surface area contributed by atoms with Crippen molar-refractivity contribution in [2.45, 2.75) is 40.7 Å². The lowest BCUT2D eigenvalue weighted by Crippen LogP contribution is -2.43. The van der Waals surface area contributed by atoms with Gasteiger partial charge in [0.2, 0.25) is 5.91 Å². The van der Waals surface area contributed by atoms with E-state index in [9.17, 15) is 9.59 Å². The maximum Gasteiger partial charge on any atom is 0.247 e. The summed E-state index contributed by atoms with van der Waals surface area (Å²) in [6.45, 7) is 9.02. The van der Waals surface area contributed by atoms with E-state index in [1.807, 2.05) is 13.8 Å². The molecule has 0 bridgehead atoms. The summed E-state index contributed by atoms with van der Waals surface area (Å²) in [7, 11) is 0. The summed E-state index contributed by atoms with van der Waals surface area (Å²) in [6, 6.07) is -0.346. The second kappa shape index (κ2) is 6.40. The van der Waals surface area contributed by atoms with Crippen LogP contribution in [0.2, 0.25) is 0 Å². The van der Waals surface area contributed by atoms with Crippen LogP contribution in [0.15, 0.2) is 0 Å². The highest BCUT2D eigenvalue weighted by molar-refractivity contribution is 7.17. The number of Topliss-reactive ketones (excluding diaryl/α,β-unsaturated/α-hetero) is 1. The Bertz CT molecular complexity index is 861. The molecule has 3 heterocycles. The number of aromatic nitrogens is 3. The molecule has 3 N–H and O–H groups in total. The van der Waals surface area contributed by atoms with Gasteiger partial charge in [0.05, 0.1) is 10.6 Å². The van der Waals surface area contributed by atoms with Crippen molar-refractivity contribution < 1.29 is 9.59 Å². The van der Waals surface area contributed by atoms with Gasteiger partial charge in [0.15, 0.2) is 22.6 Å². The van der Waals surface area contributed by atoms with E-state index in [2.05, 4.69) is 30.9 Å². The molecule has 132 valence electrons. The number of thiazole rings is 1. The van der Waals surface area contributed by atoms with Gasteiger partial charge in [-0.05, 0) is 19.8 Å². The molecular weight excluding hydrogens is 340 g/mol. The monoisotopic (exact) mass is 360 g/mol. The van der Waals surface area contributed by atoms with Crippen molar-refractivity contribution in [3.8, 4) is 0 Å². The van der Waals surface area contributed by atoms with Gasteiger partial charge >= 0.3 is 0 Å². The quantitative estimate of drug-likeness (QED) is 0.719. The number of aryl methyl sites for hydroxylation is 2. The Morgan fingerprint density at radius 3 is 2.56 bits per heavy atom. The zero-order valence-electron chi connectivity index (χ0n) is 14.7. The molecule has 0 saturated heterocycles. The fourth-order valence-electron chi connectivity index (χ4n) is 2.65. The van der Waals surface area contributed by atoms with E-state index in [0.717, 1.165) is 0 Å². The van der Waals surface area contributed by atoms with Gasteiger partial charge in [-0.3, -0.25) is 9.59 Å². The maximum absolute atomic E-state index is 12.3. The topological polar surface area (TPSA) is 109 Å². The number of rotatable bonds is 4. The SMILES string of the molecule is CC(=O)c1sc(Nc2nc(C)nc3c2NC(=O)C(C(C)C)N3)nc1C. The van der Waals surface area contributed by atoms with Crippen molar-refractivity contribution in [3.05, 3.63) is 16.4 Å².